The molecule has 0 aromatic heterocycles. The van der Waals surface area contributed by atoms with Crippen molar-refractivity contribution in [2.24, 2.45) is 0 Å². The van der Waals surface area contributed by atoms with E-state index in [0.29, 0.717) is 0 Å². The van der Waals surface area contributed by atoms with Gasteiger partial charge in [0.2, 0.25) is 0 Å². The molecule has 2 aromatic carbocycles. The highest BCUT2D eigenvalue weighted by atomic mass is 79.9. The number of aliphatic hydroxyl groups is 1. The molecule has 2 aromatic rings. The predicted octanol–water partition coefficient (Wildman–Crippen LogP) is 4.46. The number of aryl methyl sites for hydroxylation is 2. The molecule has 0 amide bonds. The molecule has 1 atom stereocenters. The third kappa shape index (κ3) is 2.50. The Morgan fingerprint density at radius 1 is 1.00 bits per heavy atom. The summed E-state index contributed by atoms with van der Waals surface area (Å²) in [6.45, 7) is 6.17. The Labute approximate surface area is 117 Å². The van der Waals surface area contributed by atoms with Crippen molar-refractivity contribution < 1.29 is 5.11 Å². The zero-order valence-corrected chi connectivity index (χ0v) is 12.5. The van der Waals surface area contributed by atoms with E-state index in [4.69, 9.17) is 0 Å². The van der Waals surface area contributed by atoms with Crippen LogP contribution in [-0.4, -0.2) is 5.11 Å². The van der Waals surface area contributed by atoms with E-state index in [2.05, 4.69) is 41.9 Å². The third-order valence-electron chi connectivity index (χ3n) is 3.45. The maximum atomic E-state index is 10.5. The molecule has 0 fully saturated rings. The van der Waals surface area contributed by atoms with Gasteiger partial charge in [0, 0.05) is 4.47 Å². The van der Waals surface area contributed by atoms with Crippen LogP contribution in [0.4, 0.5) is 0 Å². The highest BCUT2D eigenvalue weighted by Crippen LogP contribution is 2.29. The number of aliphatic hydroxyl groups excluding tert-OH is 1. The van der Waals surface area contributed by atoms with Gasteiger partial charge < -0.3 is 5.11 Å². The molecule has 0 spiro atoms. The van der Waals surface area contributed by atoms with E-state index < -0.39 is 6.10 Å². The van der Waals surface area contributed by atoms with Gasteiger partial charge in [-0.05, 0) is 54.7 Å². The first kappa shape index (κ1) is 13.3. The van der Waals surface area contributed by atoms with Crippen molar-refractivity contribution in [2.75, 3.05) is 0 Å². The summed E-state index contributed by atoms with van der Waals surface area (Å²) < 4.78 is 1.03. The molecule has 0 heterocycles. The van der Waals surface area contributed by atoms with Crippen LogP contribution in [0, 0.1) is 20.8 Å². The molecule has 0 saturated heterocycles. The average Bonchev–Trinajstić information content (AvgIpc) is 2.35. The van der Waals surface area contributed by atoms with Crippen molar-refractivity contribution >= 4 is 15.9 Å². The summed E-state index contributed by atoms with van der Waals surface area (Å²) >= 11 is 3.50. The van der Waals surface area contributed by atoms with Crippen LogP contribution >= 0.6 is 15.9 Å². The molecule has 94 valence electrons. The Hall–Kier alpha value is -1.12. The van der Waals surface area contributed by atoms with Crippen molar-refractivity contribution in [1.82, 2.24) is 0 Å². The van der Waals surface area contributed by atoms with Crippen LogP contribution < -0.4 is 0 Å². The van der Waals surface area contributed by atoms with E-state index in [0.717, 1.165) is 21.2 Å². The first-order valence-electron chi connectivity index (χ1n) is 6.01. The summed E-state index contributed by atoms with van der Waals surface area (Å²) in [5, 5.41) is 10.5. The fourth-order valence-electron chi connectivity index (χ4n) is 2.03. The normalized spacial score (nSPS) is 12.5. The van der Waals surface area contributed by atoms with Gasteiger partial charge in [0.1, 0.15) is 6.10 Å². The minimum atomic E-state index is -0.568. The molecule has 0 saturated carbocycles. The molecule has 0 aliphatic rings. The average molecular weight is 305 g/mol. The van der Waals surface area contributed by atoms with Gasteiger partial charge in [0.05, 0.1) is 0 Å². The van der Waals surface area contributed by atoms with E-state index in [1.54, 1.807) is 0 Å². The van der Waals surface area contributed by atoms with E-state index in [-0.39, 0.29) is 0 Å². The van der Waals surface area contributed by atoms with E-state index >= 15 is 0 Å². The monoisotopic (exact) mass is 304 g/mol. The number of benzene rings is 2. The van der Waals surface area contributed by atoms with Crippen LogP contribution in [-0.2, 0) is 0 Å². The lowest BCUT2D eigenvalue weighted by Gasteiger charge is -2.16. The second-order valence-corrected chi connectivity index (χ2v) is 5.55. The highest BCUT2D eigenvalue weighted by molar-refractivity contribution is 9.10. The summed E-state index contributed by atoms with van der Waals surface area (Å²) in [6.07, 6.45) is -0.568. The summed E-state index contributed by atoms with van der Waals surface area (Å²) in [4.78, 5) is 0. The Morgan fingerprint density at radius 2 is 1.72 bits per heavy atom. The van der Waals surface area contributed by atoms with E-state index in [1.807, 2.05) is 31.2 Å². The molecule has 0 aliphatic carbocycles. The first-order chi connectivity index (χ1) is 8.50. The molecule has 2 rings (SSSR count). The second kappa shape index (κ2) is 5.25. The molecule has 18 heavy (non-hydrogen) atoms. The molecule has 0 radical (unpaired) electrons. The maximum absolute atomic E-state index is 10.5. The summed E-state index contributed by atoms with van der Waals surface area (Å²) in [6, 6.07) is 12.0. The van der Waals surface area contributed by atoms with Crippen molar-refractivity contribution in [1.29, 1.82) is 0 Å². The number of hydrogen-bond donors (Lipinski definition) is 1. The second-order valence-electron chi connectivity index (χ2n) is 4.70. The SMILES string of the molecule is Cc1ccc(C(O)c2cccc(Br)c2C)cc1C. The first-order valence-corrected chi connectivity index (χ1v) is 6.80. The standard InChI is InChI=1S/C16H17BrO/c1-10-7-8-13(9-11(10)2)16(18)14-5-4-6-15(17)12(14)3/h4-9,16,18H,1-3H3. The highest BCUT2D eigenvalue weighted by Gasteiger charge is 2.14. The van der Waals surface area contributed by atoms with Gasteiger partial charge in [0.15, 0.2) is 0 Å². The molecule has 1 unspecified atom stereocenters. The van der Waals surface area contributed by atoms with Gasteiger partial charge in [-0.2, -0.15) is 0 Å². The number of hydrogen-bond acceptors (Lipinski definition) is 1. The van der Waals surface area contributed by atoms with Gasteiger partial charge in [-0.15, -0.1) is 0 Å². The van der Waals surface area contributed by atoms with Gasteiger partial charge in [0.25, 0.3) is 0 Å². The largest absolute Gasteiger partial charge is 0.384 e. The lowest BCUT2D eigenvalue weighted by molar-refractivity contribution is 0.219. The molecule has 0 aliphatic heterocycles. The minimum absolute atomic E-state index is 0.568. The summed E-state index contributed by atoms with van der Waals surface area (Å²) in [5.41, 5.74) is 5.44. The Balaban J connectivity index is 2.44. The van der Waals surface area contributed by atoms with Gasteiger partial charge in [-0.3, -0.25) is 0 Å². The lowest BCUT2D eigenvalue weighted by atomic mass is 9.95. The van der Waals surface area contributed by atoms with E-state index in [1.165, 1.54) is 11.1 Å². The van der Waals surface area contributed by atoms with Gasteiger partial charge >= 0.3 is 0 Å². The molecule has 1 nitrogen and oxygen atoms in total. The fraction of sp³-hybridized carbons (Fsp3) is 0.250. The van der Waals surface area contributed by atoms with Gasteiger partial charge in [-0.1, -0.05) is 46.3 Å². The molecule has 2 heteroatoms. The maximum Gasteiger partial charge on any atom is 0.104 e. The van der Waals surface area contributed by atoms with E-state index in [9.17, 15) is 5.11 Å². The van der Waals surface area contributed by atoms with Crippen LogP contribution in [0.2, 0.25) is 0 Å². The molecular formula is C16H17BrO. The van der Waals surface area contributed by atoms with Gasteiger partial charge in [-0.25, -0.2) is 0 Å². The topological polar surface area (TPSA) is 20.2 Å². The molecule has 0 bridgehead atoms. The molecular weight excluding hydrogens is 288 g/mol. The predicted molar refractivity (Wildman–Crippen MR) is 78.9 cm³/mol. The van der Waals surface area contributed by atoms with Crippen LogP contribution in [0.15, 0.2) is 40.9 Å². The fourth-order valence-corrected chi connectivity index (χ4v) is 2.42. The summed E-state index contributed by atoms with van der Waals surface area (Å²) in [5.74, 6) is 0. The third-order valence-corrected chi connectivity index (χ3v) is 4.31. The Kier molecular flexibility index (Phi) is 3.88. The lowest BCUT2D eigenvalue weighted by Crippen LogP contribution is -2.03. The smallest absolute Gasteiger partial charge is 0.104 e. The summed E-state index contributed by atoms with van der Waals surface area (Å²) in [7, 11) is 0. The van der Waals surface area contributed by atoms with Crippen LogP contribution in [0.1, 0.15) is 33.9 Å². The van der Waals surface area contributed by atoms with Crippen LogP contribution in [0.3, 0.4) is 0 Å². The van der Waals surface area contributed by atoms with Crippen molar-refractivity contribution in [2.45, 2.75) is 26.9 Å². The zero-order chi connectivity index (χ0) is 13.3. The Morgan fingerprint density at radius 3 is 2.39 bits per heavy atom. The van der Waals surface area contributed by atoms with Crippen LogP contribution in [0.5, 0.6) is 0 Å². The number of rotatable bonds is 2. The van der Waals surface area contributed by atoms with Crippen molar-refractivity contribution in [3.63, 3.8) is 0 Å². The quantitative estimate of drug-likeness (QED) is 0.868. The Bertz CT molecular complexity index is 575. The number of halogens is 1. The minimum Gasteiger partial charge on any atom is -0.384 e. The zero-order valence-electron chi connectivity index (χ0n) is 10.9. The van der Waals surface area contributed by atoms with Crippen molar-refractivity contribution in [3.05, 3.63) is 68.7 Å². The van der Waals surface area contributed by atoms with Crippen molar-refractivity contribution in [3.8, 4) is 0 Å². The molecule has 1 N–H and O–H groups in total. The van der Waals surface area contributed by atoms with Crippen LogP contribution in [0.25, 0.3) is 0 Å².